The average molecular weight is 367 g/mol. The van der Waals surface area contributed by atoms with Gasteiger partial charge >= 0.3 is 0 Å². The van der Waals surface area contributed by atoms with Gasteiger partial charge in [0.05, 0.1) is 37.7 Å². The zero-order chi connectivity index (χ0) is 18.9. The van der Waals surface area contributed by atoms with Gasteiger partial charge in [-0.05, 0) is 42.5 Å². The minimum Gasteiger partial charge on any atom is -0.497 e. The molecule has 0 fully saturated rings. The van der Waals surface area contributed by atoms with Gasteiger partial charge in [-0.25, -0.2) is 0 Å². The fourth-order valence-corrected chi connectivity index (χ4v) is 2.37. The number of aromatic nitrogens is 1. The van der Waals surface area contributed by atoms with E-state index in [0.29, 0.717) is 25.3 Å². The topological polar surface area (TPSA) is 85.6 Å². The summed E-state index contributed by atoms with van der Waals surface area (Å²) in [4.78, 5) is 16.4. The van der Waals surface area contributed by atoms with E-state index in [1.807, 2.05) is 36.4 Å². The number of carbonyl (C=O) groups excluding carboxylic acids is 1. The lowest BCUT2D eigenvalue weighted by molar-refractivity contribution is 0.0946. The maximum Gasteiger partial charge on any atom is 0.253 e. The van der Waals surface area contributed by atoms with Crippen LogP contribution in [0, 0.1) is 0 Å². The van der Waals surface area contributed by atoms with Crippen molar-refractivity contribution in [2.24, 2.45) is 0 Å². The molecule has 1 amide bonds. The number of ether oxygens (including phenoxy) is 2. The summed E-state index contributed by atoms with van der Waals surface area (Å²) >= 11 is 0. The van der Waals surface area contributed by atoms with Crippen molar-refractivity contribution in [1.82, 2.24) is 10.3 Å². The monoisotopic (exact) mass is 367 g/mol. The summed E-state index contributed by atoms with van der Waals surface area (Å²) in [6.45, 7) is 1.27. The first-order valence-electron chi connectivity index (χ1n) is 8.51. The third-order valence-electron chi connectivity index (χ3n) is 3.76. The van der Waals surface area contributed by atoms with Crippen LogP contribution in [0.4, 0.5) is 5.69 Å². The van der Waals surface area contributed by atoms with Crippen molar-refractivity contribution in [2.45, 2.75) is 6.54 Å². The maximum absolute atomic E-state index is 12.3. The smallest absolute Gasteiger partial charge is 0.253 e. The van der Waals surface area contributed by atoms with Crippen molar-refractivity contribution in [2.75, 3.05) is 25.6 Å². The number of benzene rings is 1. The summed E-state index contributed by atoms with van der Waals surface area (Å²) in [5, 5.41) is 5.98. The molecule has 2 heterocycles. The molecule has 7 nitrogen and oxygen atoms in total. The molecule has 0 radical (unpaired) electrons. The van der Waals surface area contributed by atoms with Crippen LogP contribution in [0.1, 0.15) is 16.1 Å². The molecule has 0 atom stereocenters. The van der Waals surface area contributed by atoms with E-state index >= 15 is 0 Å². The number of hydrogen-bond donors (Lipinski definition) is 2. The van der Waals surface area contributed by atoms with Gasteiger partial charge in [-0.2, -0.15) is 0 Å². The summed E-state index contributed by atoms with van der Waals surface area (Å²) in [6, 6.07) is 12.7. The number of carbonyl (C=O) groups is 1. The van der Waals surface area contributed by atoms with Gasteiger partial charge in [0.2, 0.25) is 0 Å². The standard InChI is InChI=1S/C20H21N3O4/c1-25-17-4-6-18(7-5-17)27-10-8-22-20(24)15-11-16(13-21-12-15)23-14-19-3-2-9-26-19/h2-7,9,11-13,23H,8,10,14H2,1H3,(H,22,24). The van der Waals surface area contributed by atoms with Crippen LogP contribution in [-0.4, -0.2) is 31.2 Å². The normalized spacial score (nSPS) is 10.3. The molecule has 0 saturated carbocycles. The lowest BCUT2D eigenvalue weighted by Crippen LogP contribution is -2.28. The van der Waals surface area contributed by atoms with Crippen LogP contribution in [0.15, 0.2) is 65.5 Å². The molecular weight excluding hydrogens is 346 g/mol. The first-order valence-corrected chi connectivity index (χ1v) is 8.51. The Balaban J connectivity index is 1.43. The number of amides is 1. The summed E-state index contributed by atoms with van der Waals surface area (Å²) in [7, 11) is 1.61. The van der Waals surface area contributed by atoms with Crippen LogP contribution >= 0.6 is 0 Å². The molecule has 3 rings (SSSR count). The number of nitrogens with one attached hydrogen (secondary N) is 2. The van der Waals surface area contributed by atoms with Crippen molar-refractivity contribution >= 4 is 11.6 Å². The second-order valence-corrected chi connectivity index (χ2v) is 5.68. The minimum atomic E-state index is -0.206. The van der Waals surface area contributed by atoms with Gasteiger partial charge < -0.3 is 24.5 Å². The molecule has 7 heteroatoms. The maximum atomic E-state index is 12.3. The van der Waals surface area contributed by atoms with E-state index in [1.165, 1.54) is 6.20 Å². The van der Waals surface area contributed by atoms with Crippen molar-refractivity contribution < 1.29 is 18.7 Å². The molecule has 0 spiro atoms. The van der Waals surface area contributed by atoms with Gasteiger partial charge in [0.15, 0.2) is 0 Å². The third-order valence-corrected chi connectivity index (χ3v) is 3.76. The van der Waals surface area contributed by atoms with E-state index < -0.39 is 0 Å². The van der Waals surface area contributed by atoms with E-state index in [0.717, 1.165) is 22.9 Å². The number of furan rings is 1. The lowest BCUT2D eigenvalue weighted by Gasteiger charge is -2.09. The summed E-state index contributed by atoms with van der Waals surface area (Å²) < 4.78 is 15.9. The van der Waals surface area contributed by atoms with Crippen LogP contribution in [-0.2, 0) is 6.54 Å². The van der Waals surface area contributed by atoms with E-state index in [2.05, 4.69) is 15.6 Å². The molecule has 0 aliphatic carbocycles. The highest BCUT2D eigenvalue weighted by Gasteiger charge is 2.07. The van der Waals surface area contributed by atoms with Crippen LogP contribution in [0.3, 0.4) is 0 Å². The molecule has 3 aromatic rings. The molecule has 0 unspecified atom stereocenters. The molecule has 27 heavy (non-hydrogen) atoms. The third kappa shape index (κ3) is 5.50. The lowest BCUT2D eigenvalue weighted by atomic mass is 10.2. The number of methoxy groups -OCH3 is 1. The molecule has 1 aromatic carbocycles. The van der Waals surface area contributed by atoms with E-state index in [1.54, 1.807) is 25.6 Å². The van der Waals surface area contributed by atoms with Gasteiger partial charge in [-0.1, -0.05) is 0 Å². The molecular formula is C20H21N3O4. The van der Waals surface area contributed by atoms with Crippen LogP contribution in [0.2, 0.25) is 0 Å². The Kier molecular flexibility index (Phi) is 6.30. The highest BCUT2D eigenvalue weighted by Crippen LogP contribution is 2.16. The Hall–Kier alpha value is -3.48. The highest BCUT2D eigenvalue weighted by atomic mass is 16.5. The average Bonchev–Trinajstić information content (AvgIpc) is 3.24. The molecule has 140 valence electrons. The van der Waals surface area contributed by atoms with Crippen molar-refractivity contribution in [3.63, 3.8) is 0 Å². The van der Waals surface area contributed by atoms with Crippen LogP contribution < -0.4 is 20.1 Å². The van der Waals surface area contributed by atoms with Crippen molar-refractivity contribution in [3.05, 3.63) is 72.4 Å². The predicted molar refractivity (Wildman–Crippen MR) is 101 cm³/mol. The Labute approximate surface area is 157 Å². The van der Waals surface area contributed by atoms with E-state index in [9.17, 15) is 4.79 Å². The van der Waals surface area contributed by atoms with E-state index in [-0.39, 0.29) is 5.91 Å². The first-order chi connectivity index (χ1) is 13.2. The summed E-state index contributed by atoms with van der Waals surface area (Å²) in [5.74, 6) is 2.09. The Morgan fingerprint density at radius 1 is 1.15 bits per heavy atom. The highest BCUT2D eigenvalue weighted by molar-refractivity contribution is 5.94. The number of hydrogen-bond acceptors (Lipinski definition) is 6. The molecule has 0 saturated heterocycles. The van der Waals surface area contributed by atoms with Gasteiger partial charge in [0, 0.05) is 12.4 Å². The van der Waals surface area contributed by atoms with E-state index in [4.69, 9.17) is 13.9 Å². The summed E-state index contributed by atoms with van der Waals surface area (Å²) in [6.07, 6.45) is 4.80. The molecule has 0 bridgehead atoms. The second kappa shape index (κ2) is 9.28. The molecule has 0 aliphatic rings. The molecule has 2 N–H and O–H groups in total. The van der Waals surface area contributed by atoms with Gasteiger partial charge in [-0.3, -0.25) is 9.78 Å². The Morgan fingerprint density at radius 2 is 1.96 bits per heavy atom. The number of anilines is 1. The van der Waals surface area contributed by atoms with Crippen LogP contribution in [0.5, 0.6) is 11.5 Å². The Morgan fingerprint density at radius 3 is 2.70 bits per heavy atom. The van der Waals surface area contributed by atoms with Crippen molar-refractivity contribution in [3.8, 4) is 11.5 Å². The number of nitrogens with zero attached hydrogens (tertiary/aromatic N) is 1. The second-order valence-electron chi connectivity index (χ2n) is 5.68. The molecule has 0 aliphatic heterocycles. The predicted octanol–water partition coefficient (Wildman–Crippen LogP) is 3.10. The van der Waals surface area contributed by atoms with Gasteiger partial charge in [-0.15, -0.1) is 0 Å². The van der Waals surface area contributed by atoms with Crippen LogP contribution in [0.25, 0.3) is 0 Å². The van der Waals surface area contributed by atoms with Gasteiger partial charge in [0.1, 0.15) is 23.9 Å². The zero-order valence-electron chi connectivity index (χ0n) is 15.0. The SMILES string of the molecule is COc1ccc(OCCNC(=O)c2cncc(NCc3ccco3)c2)cc1. The van der Waals surface area contributed by atoms with Gasteiger partial charge in [0.25, 0.3) is 5.91 Å². The fourth-order valence-electron chi connectivity index (χ4n) is 2.37. The fraction of sp³-hybridized carbons (Fsp3) is 0.200. The minimum absolute atomic E-state index is 0.206. The van der Waals surface area contributed by atoms with Crippen molar-refractivity contribution in [1.29, 1.82) is 0 Å². The molecule has 2 aromatic heterocycles. The Bertz CT molecular complexity index is 848. The zero-order valence-corrected chi connectivity index (χ0v) is 15.0. The number of rotatable bonds is 9. The quantitative estimate of drug-likeness (QED) is 0.565. The largest absolute Gasteiger partial charge is 0.497 e. The number of pyridine rings is 1. The first kappa shape index (κ1) is 18.3. The summed E-state index contributed by atoms with van der Waals surface area (Å²) in [5.41, 5.74) is 1.22.